The van der Waals surface area contributed by atoms with Gasteiger partial charge in [-0.2, -0.15) is 0 Å². The van der Waals surface area contributed by atoms with Gasteiger partial charge in [-0.1, -0.05) is 6.07 Å². The fourth-order valence-electron chi connectivity index (χ4n) is 1.88. The zero-order chi connectivity index (χ0) is 14.7. The number of aromatic nitrogens is 4. The van der Waals surface area contributed by atoms with Crippen LogP contribution < -0.4 is 10.9 Å². The van der Waals surface area contributed by atoms with Gasteiger partial charge in [0.1, 0.15) is 12.0 Å². The lowest BCUT2D eigenvalue weighted by Crippen LogP contribution is -2.30. The van der Waals surface area contributed by atoms with E-state index in [-0.39, 0.29) is 29.2 Å². The third-order valence-corrected chi connectivity index (χ3v) is 2.90. The quantitative estimate of drug-likeness (QED) is 0.871. The third-order valence-electron chi connectivity index (χ3n) is 2.90. The molecule has 2 aromatic rings. The van der Waals surface area contributed by atoms with Gasteiger partial charge in [0.25, 0.3) is 5.91 Å². The number of amides is 1. The molecule has 1 atom stereocenters. The molecule has 0 aromatic carbocycles. The Balaban J connectivity index is 2.15. The lowest BCUT2D eigenvalue weighted by molar-refractivity contribution is 0.0932. The number of rotatable bonds is 4. The molecule has 7 nitrogen and oxygen atoms in total. The van der Waals surface area contributed by atoms with Gasteiger partial charge in [0.05, 0.1) is 6.04 Å². The van der Waals surface area contributed by atoms with Gasteiger partial charge < -0.3 is 14.9 Å². The minimum atomic E-state index is -0.353. The van der Waals surface area contributed by atoms with Crippen LogP contribution in [0.1, 0.15) is 49.2 Å². The molecule has 20 heavy (non-hydrogen) atoms. The van der Waals surface area contributed by atoms with Crippen LogP contribution in [0.2, 0.25) is 0 Å². The molecule has 0 radical (unpaired) electrons. The van der Waals surface area contributed by atoms with Crippen molar-refractivity contribution in [3.05, 3.63) is 46.4 Å². The molecular formula is C13H17N5O2. The molecule has 2 heterocycles. The van der Waals surface area contributed by atoms with Crippen molar-refractivity contribution in [2.75, 3.05) is 0 Å². The number of carbonyl (C=O) groups is 1. The molecule has 2 aromatic heterocycles. The van der Waals surface area contributed by atoms with E-state index in [4.69, 9.17) is 0 Å². The number of nitrogens with zero attached hydrogens (tertiary/aromatic N) is 3. The lowest BCUT2D eigenvalue weighted by Gasteiger charge is -2.16. The van der Waals surface area contributed by atoms with Crippen LogP contribution in [0.15, 0.2) is 29.3 Å². The molecule has 0 saturated carbocycles. The number of hydrogen-bond donors (Lipinski definition) is 2. The van der Waals surface area contributed by atoms with E-state index in [1.54, 1.807) is 12.4 Å². The standard InChI is InChI=1S/C13H17N5O2/c1-8(2)18-7-14-17-12(18)9(3)15-13(20)10-5-4-6-11(19)16-10/h4-9H,1-3H3,(H,15,20)(H,16,19). The molecule has 2 N–H and O–H groups in total. The Bertz CT molecular complexity index is 659. The average molecular weight is 275 g/mol. The Kier molecular flexibility index (Phi) is 3.97. The number of carbonyl (C=O) groups excluding carboxylic acids is 1. The molecule has 2 rings (SSSR count). The van der Waals surface area contributed by atoms with Gasteiger partial charge in [-0.3, -0.25) is 9.59 Å². The van der Waals surface area contributed by atoms with E-state index in [1.165, 1.54) is 12.1 Å². The summed E-state index contributed by atoms with van der Waals surface area (Å²) < 4.78 is 1.89. The van der Waals surface area contributed by atoms with Crippen molar-refractivity contribution in [3.63, 3.8) is 0 Å². The number of nitrogens with one attached hydrogen (secondary N) is 2. The van der Waals surface area contributed by atoms with Crippen LogP contribution >= 0.6 is 0 Å². The predicted octanol–water partition coefficient (Wildman–Crippen LogP) is 1.04. The van der Waals surface area contributed by atoms with Crippen molar-refractivity contribution in [1.29, 1.82) is 0 Å². The molecule has 1 unspecified atom stereocenters. The van der Waals surface area contributed by atoms with Gasteiger partial charge in [-0.05, 0) is 26.8 Å². The van der Waals surface area contributed by atoms with Gasteiger partial charge in [0.2, 0.25) is 5.56 Å². The number of aromatic amines is 1. The second kappa shape index (κ2) is 5.68. The van der Waals surface area contributed by atoms with Crippen LogP contribution in [0, 0.1) is 0 Å². The first kappa shape index (κ1) is 14.0. The second-order valence-electron chi connectivity index (χ2n) is 4.81. The van der Waals surface area contributed by atoms with Crippen LogP contribution in [0.3, 0.4) is 0 Å². The number of pyridine rings is 1. The molecule has 0 spiro atoms. The summed E-state index contributed by atoms with van der Waals surface area (Å²) in [5, 5.41) is 10.7. The maximum Gasteiger partial charge on any atom is 0.268 e. The van der Waals surface area contributed by atoms with E-state index in [1.807, 2.05) is 25.3 Å². The molecule has 0 aliphatic heterocycles. The summed E-state index contributed by atoms with van der Waals surface area (Å²) in [7, 11) is 0. The van der Waals surface area contributed by atoms with E-state index in [9.17, 15) is 9.59 Å². The molecular weight excluding hydrogens is 258 g/mol. The highest BCUT2D eigenvalue weighted by molar-refractivity contribution is 5.92. The van der Waals surface area contributed by atoms with E-state index in [2.05, 4.69) is 20.5 Å². The van der Waals surface area contributed by atoms with E-state index < -0.39 is 0 Å². The summed E-state index contributed by atoms with van der Waals surface area (Å²) in [4.78, 5) is 25.7. The first-order valence-corrected chi connectivity index (χ1v) is 6.38. The summed E-state index contributed by atoms with van der Waals surface area (Å²) in [6, 6.07) is 4.34. The van der Waals surface area contributed by atoms with Gasteiger partial charge in [-0.25, -0.2) is 0 Å². The fourth-order valence-corrected chi connectivity index (χ4v) is 1.88. The van der Waals surface area contributed by atoms with E-state index >= 15 is 0 Å². The monoisotopic (exact) mass is 275 g/mol. The van der Waals surface area contributed by atoms with Crippen molar-refractivity contribution >= 4 is 5.91 Å². The summed E-state index contributed by atoms with van der Waals surface area (Å²) in [6.07, 6.45) is 1.63. The first-order chi connectivity index (χ1) is 9.49. The highest BCUT2D eigenvalue weighted by Crippen LogP contribution is 2.14. The Morgan fingerprint density at radius 3 is 2.75 bits per heavy atom. The molecule has 106 valence electrons. The zero-order valence-corrected chi connectivity index (χ0v) is 11.6. The van der Waals surface area contributed by atoms with Crippen LogP contribution in [0.5, 0.6) is 0 Å². The van der Waals surface area contributed by atoms with Gasteiger partial charge in [0, 0.05) is 12.1 Å². The summed E-state index contributed by atoms with van der Waals surface area (Å²) in [5.74, 6) is 0.320. The van der Waals surface area contributed by atoms with Crippen molar-refractivity contribution < 1.29 is 4.79 Å². The highest BCUT2D eigenvalue weighted by atomic mass is 16.2. The maximum absolute atomic E-state index is 12.0. The molecule has 7 heteroatoms. The number of H-pyrrole nitrogens is 1. The normalized spacial score (nSPS) is 12.4. The second-order valence-corrected chi connectivity index (χ2v) is 4.81. The highest BCUT2D eigenvalue weighted by Gasteiger charge is 2.18. The summed E-state index contributed by atoms with van der Waals surface area (Å²) in [6.45, 7) is 5.84. The van der Waals surface area contributed by atoms with Crippen LogP contribution in [0.4, 0.5) is 0 Å². The van der Waals surface area contributed by atoms with Crippen molar-refractivity contribution in [2.45, 2.75) is 32.9 Å². The SMILES string of the molecule is CC(NC(=O)c1cccc(=O)[nH]1)c1nncn1C(C)C. The van der Waals surface area contributed by atoms with Crippen LogP contribution in [-0.4, -0.2) is 25.7 Å². The Hall–Kier alpha value is -2.44. The van der Waals surface area contributed by atoms with Gasteiger partial charge in [0.15, 0.2) is 5.82 Å². The van der Waals surface area contributed by atoms with Crippen LogP contribution in [-0.2, 0) is 0 Å². The van der Waals surface area contributed by atoms with Crippen LogP contribution in [0.25, 0.3) is 0 Å². The average Bonchev–Trinajstić information content (AvgIpc) is 2.88. The minimum Gasteiger partial charge on any atom is -0.341 e. The van der Waals surface area contributed by atoms with E-state index in [0.29, 0.717) is 5.82 Å². The summed E-state index contributed by atoms with van der Waals surface area (Å²) in [5.41, 5.74) is -0.0874. The summed E-state index contributed by atoms with van der Waals surface area (Å²) >= 11 is 0. The molecule has 0 saturated heterocycles. The topological polar surface area (TPSA) is 92.7 Å². The third kappa shape index (κ3) is 2.93. The smallest absolute Gasteiger partial charge is 0.268 e. The minimum absolute atomic E-state index is 0.205. The number of hydrogen-bond acceptors (Lipinski definition) is 4. The maximum atomic E-state index is 12.0. The van der Waals surface area contributed by atoms with Gasteiger partial charge in [-0.15, -0.1) is 10.2 Å². The van der Waals surface area contributed by atoms with E-state index in [0.717, 1.165) is 0 Å². The molecule has 0 aliphatic rings. The van der Waals surface area contributed by atoms with Crippen molar-refractivity contribution in [1.82, 2.24) is 25.1 Å². The lowest BCUT2D eigenvalue weighted by atomic mass is 10.2. The predicted molar refractivity (Wildman–Crippen MR) is 73.4 cm³/mol. The zero-order valence-electron chi connectivity index (χ0n) is 11.6. The van der Waals surface area contributed by atoms with Gasteiger partial charge >= 0.3 is 0 Å². The Morgan fingerprint density at radius 2 is 2.10 bits per heavy atom. The molecule has 0 aliphatic carbocycles. The van der Waals surface area contributed by atoms with Crippen molar-refractivity contribution in [2.24, 2.45) is 0 Å². The molecule has 1 amide bonds. The van der Waals surface area contributed by atoms with Crippen molar-refractivity contribution in [3.8, 4) is 0 Å². The molecule has 0 fully saturated rings. The largest absolute Gasteiger partial charge is 0.341 e. The Morgan fingerprint density at radius 1 is 1.35 bits per heavy atom. The first-order valence-electron chi connectivity index (χ1n) is 6.38. The molecule has 0 bridgehead atoms. The Labute approximate surface area is 116 Å². The fraction of sp³-hybridized carbons (Fsp3) is 0.385.